The zero-order valence-corrected chi connectivity index (χ0v) is 23.5. The van der Waals surface area contributed by atoms with Crippen LogP contribution in [0.15, 0.2) is 138 Å². The topological polar surface area (TPSA) is 38.7 Å². The summed E-state index contributed by atoms with van der Waals surface area (Å²) >= 11 is 3.60. The zero-order chi connectivity index (χ0) is 27.3. The van der Waals surface area contributed by atoms with E-state index >= 15 is 0 Å². The van der Waals surface area contributed by atoms with E-state index in [9.17, 15) is 0 Å². The minimum absolute atomic E-state index is 0.909. The highest BCUT2D eigenvalue weighted by atomic mass is 79.9. The molecule has 0 saturated carbocycles. The Morgan fingerprint density at radius 2 is 1.02 bits per heavy atom. The number of rotatable bonds is 3. The first-order chi connectivity index (χ1) is 20.2. The summed E-state index contributed by atoms with van der Waals surface area (Å²) in [6.07, 6.45) is 1.96. The largest absolute Gasteiger partial charge is 0.256 e. The summed E-state index contributed by atoms with van der Waals surface area (Å²) in [4.78, 5) is 15.0. The summed E-state index contributed by atoms with van der Waals surface area (Å²) in [6.45, 7) is 0. The van der Waals surface area contributed by atoms with Gasteiger partial charge in [-0.25, -0.2) is 9.97 Å². The first-order valence-electron chi connectivity index (χ1n) is 13.5. The molecule has 3 heterocycles. The molecule has 0 atom stereocenters. The Morgan fingerprint density at radius 1 is 0.415 bits per heavy atom. The molecule has 8 aromatic rings. The van der Waals surface area contributed by atoms with Crippen LogP contribution < -0.4 is 0 Å². The Bertz CT molecular complexity index is 2280. The molecule has 0 aliphatic carbocycles. The lowest BCUT2D eigenvalue weighted by molar-refractivity contribution is 1.36. The quantitative estimate of drug-likeness (QED) is 0.193. The molecule has 8 rings (SSSR count). The van der Waals surface area contributed by atoms with Gasteiger partial charge in [-0.2, -0.15) is 0 Å². The first kappa shape index (κ1) is 23.9. The predicted octanol–water partition coefficient (Wildman–Crippen LogP) is 10.2. The Kier molecular flexibility index (Phi) is 5.61. The molecule has 0 unspecified atom stereocenters. The van der Waals surface area contributed by atoms with Crippen LogP contribution in [0.1, 0.15) is 0 Å². The van der Waals surface area contributed by atoms with Gasteiger partial charge in [0.2, 0.25) is 0 Å². The van der Waals surface area contributed by atoms with Crippen LogP contribution in [0.2, 0.25) is 0 Å². The average molecular weight is 589 g/mol. The van der Waals surface area contributed by atoms with Gasteiger partial charge in [0.15, 0.2) is 0 Å². The van der Waals surface area contributed by atoms with Gasteiger partial charge in [0.1, 0.15) is 0 Å². The maximum Gasteiger partial charge on any atom is 0.0972 e. The highest BCUT2D eigenvalue weighted by Gasteiger charge is 2.10. The highest BCUT2D eigenvalue weighted by molar-refractivity contribution is 9.10. The van der Waals surface area contributed by atoms with Crippen LogP contribution in [0.3, 0.4) is 0 Å². The van der Waals surface area contributed by atoms with Gasteiger partial charge in [-0.05, 0) is 64.9 Å². The van der Waals surface area contributed by atoms with Crippen molar-refractivity contribution in [2.75, 3.05) is 0 Å². The second-order valence-corrected chi connectivity index (χ2v) is 11.2. The third-order valence-corrected chi connectivity index (χ3v) is 8.20. The van der Waals surface area contributed by atoms with Crippen LogP contribution in [0, 0.1) is 0 Å². The highest BCUT2D eigenvalue weighted by Crippen LogP contribution is 2.32. The molecule has 0 aliphatic heterocycles. The van der Waals surface area contributed by atoms with E-state index in [1.807, 2.05) is 24.4 Å². The van der Waals surface area contributed by atoms with Gasteiger partial charge in [-0.3, -0.25) is 4.98 Å². The summed E-state index contributed by atoms with van der Waals surface area (Å²) in [5.41, 5.74) is 9.03. The fraction of sp³-hybridized carbons (Fsp3) is 0. The molecule has 4 heteroatoms. The molecular formula is C37H22BrN3. The van der Waals surface area contributed by atoms with Crippen LogP contribution in [0.25, 0.3) is 77.1 Å². The average Bonchev–Trinajstić information content (AvgIpc) is 3.03. The lowest BCUT2D eigenvalue weighted by Gasteiger charge is -2.09. The molecule has 0 saturated heterocycles. The van der Waals surface area contributed by atoms with E-state index in [0.29, 0.717) is 0 Å². The maximum atomic E-state index is 5.15. The lowest BCUT2D eigenvalue weighted by atomic mass is 10.00. The van der Waals surface area contributed by atoms with Crippen molar-refractivity contribution in [3.63, 3.8) is 0 Å². The normalized spacial score (nSPS) is 11.5. The van der Waals surface area contributed by atoms with Gasteiger partial charge < -0.3 is 0 Å². The smallest absolute Gasteiger partial charge is 0.0972 e. The molecule has 3 nitrogen and oxygen atoms in total. The van der Waals surface area contributed by atoms with Gasteiger partial charge in [0.05, 0.1) is 27.9 Å². The SMILES string of the molecule is Brc1ccc2ccc(-c3cnc4ccc(-c5ccc6ccc7ccc(-c8ccccc8)nc7c6n5)cc4c3)cc2c1. The molecule has 0 bridgehead atoms. The van der Waals surface area contributed by atoms with E-state index in [2.05, 4.69) is 125 Å². The van der Waals surface area contributed by atoms with Crippen molar-refractivity contribution in [3.05, 3.63) is 138 Å². The summed E-state index contributed by atoms with van der Waals surface area (Å²) in [6, 6.07) is 44.5. The summed E-state index contributed by atoms with van der Waals surface area (Å²) < 4.78 is 1.07. The van der Waals surface area contributed by atoms with Crippen molar-refractivity contribution in [2.24, 2.45) is 0 Å². The standard InChI is InChI=1S/C37H22BrN3/c38-32-14-10-23-6-9-27(18-29(23)21-32)31-20-30-19-28(13-15-33(30)39-22-31)35-17-12-26-8-7-25-11-16-34(24-4-2-1-3-5-24)40-36(25)37(26)41-35/h1-22H. The van der Waals surface area contributed by atoms with Crippen molar-refractivity contribution >= 4 is 59.4 Å². The summed E-state index contributed by atoms with van der Waals surface area (Å²) in [7, 11) is 0. The summed E-state index contributed by atoms with van der Waals surface area (Å²) in [5, 5.41) is 5.65. The van der Waals surface area contributed by atoms with E-state index in [4.69, 9.17) is 15.0 Å². The van der Waals surface area contributed by atoms with Crippen LogP contribution in [0.4, 0.5) is 0 Å². The van der Waals surface area contributed by atoms with Crippen molar-refractivity contribution in [2.45, 2.75) is 0 Å². The number of halogens is 1. The summed E-state index contributed by atoms with van der Waals surface area (Å²) in [5.74, 6) is 0. The Labute approximate surface area is 245 Å². The Balaban J connectivity index is 1.23. The van der Waals surface area contributed by atoms with Crippen LogP contribution in [0.5, 0.6) is 0 Å². The van der Waals surface area contributed by atoms with Gasteiger partial charge in [0.25, 0.3) is 0 Å². The maximum absolute atomic E-state index is 5.15. The van der Waals surface area contributed by atoms with Gasteiger partial charge in [0, 0.05) is 43.5 Å². The van der Waals surface area contributed by atoms with Crippen LogP contribution in [-0.4, -0.2) is 15.0 Å². The number of nitrogens with zero attached hydrogens (tertiary/aromatic N) is 3. The third kappa shape index (κ3) is 4.33. The number of hydrogen-bond donors (Lipinski definition) is 0. The number of benzene rings is 5. The zero-order valence-electron chi connectivity index (χ0n) is 21.9. The Morgan fingerprint density at radius 3 is 1.80 bits per heavy atom. The molecular weight excluding hydrogens is 566 g/mol. The lowest BCUT2D eigenvalue weighted by Crippen LogP contribution is -1.91. The van der Waals surface area contributed by atoms with Gasteiger partial charge in [-0.1, -0.05) is 94.8 Å². The number of aromatic nitrogens is 3. The van der Waals surface area contributed by atoms with Crippen molar-refractivity contribution < 1.29 is 0 Å². The fourth-order valence-corrected chi connectivity index (χ4v) is 5.92. The van der Waals surface area contributed by atoms with Crippen molar-refractivity contribution in [1.29, 1.82) is 0 Å². The van der Waals surface area contributed by atoms with Gasteiger partial charge >= 0.3 is 0 Å². The molecule has 0 aliphatic rings. The minimum Gasteiger partial charge on any atom is -0.256 e. The minimum atomic E-state index is 0.909. The van der Waals surface area contributed by atoms with E-state index in [1.165, 1.54) is 10.8 Å². The van der Waals surface area contributed by atoms with E-state index in [1.54, 1.807) is 0 Å². The van der Waals surface area contributed by atoms with E-state index < -0.39 is 0 Å². The first-order valence-corrected chi connectivity index (χ1v) is 14.3. The van der Waals surface area contributed by atoms with Gasteiger partial charge in [-0.15, -0.1) is 0 Å². The fourth-order valence-electron chi connectivity index (χ4n) is 5.54. The Hall–Kier alpha value is -4.93. The monoisotopic (exact) mass is 587 g/mol. The van der Waals surface area contributed by atoms with Crippen LogP contribution >= 0.6 is 15.9 Å². The molecule has 3 aromatic heterocycles. The molecule has 0 spiro atoms. The number of fused-ring (bicyclic) bond motifs is 5. The molecule has 0 radical (unpaired) electrons. The second kappa shape index (κ2) is 9.61. The molecule has 0 fully saturated rings. The molecule has 192 valence electrons. The number of pyridine rings is 3. The third-order valence-electron chi connectivity index (χ3n) is 7.70. The molecule has 0 amide bonds. The second-order valence-electron chi connectivity index (χ2n) is 10.3. The van der Waals surface area contributed by atoms with Crippen LogP contribution in [-0.2, 0) is 0 Å². The molecule has 5 aromatic carbocycles. The molecule has 0 N–H and O–H groups in total. The van der Waals surface area contributed by atoms with Crippen molar-refractivity contribution in [1.82, 2.24) is 15.0 Å². The van der Waals surface area contributed by atoms with E-state index in [-0.39, 0.29) is 0 Å². The molecule has 41 heavy (non-hydrogen) atoms. The number of hydrogen-bond acceptors (Lipinski definition) is 3. The van der Waals surface area contributed by atoms with E-state index in [0.717, 1.165) is 70.8 Å². The predicted molar refractivity (Wildman–Crippen MR) is 174 cm³/mol. The van der Waals surface area contributed by atoms with Crippen molar-refractivity contribution in [3.8, 4) is 33.6 Å².